The van der Waals surface area contributed by atoms with Crippen molar-refractivity contribution < 1.29 is 9.53 Å². The first kappa shape index (κ1) is 19.0. The predicted molar refractivity (Wildman–Crippen MR) is 113 cm³/mol. The normalized spacial score (nSPS) is 29.2. The van der Waals surface area contributed by atoms with Crippen molar-refractivity contribution in [1.82, 2.24) is 4.90 Å². The number of hydrogen-bond donors (Lipinski definition) is 0. The molecule has 1 heterocycles. The zero-order valence-corrected chi connectivity index (χ0v) is 17.2. The van der Waals surface area contributed by atoms with Crippen molar-refractivity contribution in [3.8, 4) is 0 Å². The first-order chi connectivity index (χ1) is 13.6. The molecule has 3 aliphatic rings. The van der Waals surface area contributed by atoms with Gasteiger partial charge in [-0.1, -0.05) is 18.6 Å². The fraction of sp³-hybridized carbons (Fsp3) is 0.565. The lowest BCUT2D eigenvalue weighted by atomic mass is 9.96. The van der Waals surface area contributed by atoms with Crippen LogP contribution in [0, 0.1) is 11.8 Å². The van der Waals surface area contributed by atoms with E-state index in [-0.39, 0.29) is 5.91 Å². The van der Waals surface area contributed by atoms with Crippen molar-refractivity contribution in [2.45, 2.75) is 52.5 Å². The number of carbonyl (C=O) groups is 1. The lowest BCUT2D eigenvalue weighted by molar-refractivity contribution is -0.122. The fourth-order valence-corrected chi connectivity index (χ4v) is 4.92. The molecule has 28 heavy (non-hydrogen) atoms. The van der Waals surface area contributed by atoms with Gasteiger partial charge in [-0.2, -0.15) is 0 Å². The highest BCUT2D eigenvalue weighted by atomic mass is 16.5. The van der Waals surface area contributed by atoms with Gasteiger partial charge in [0.05, 0.1) is 6.04 Å². The minimum absolute atomic E-state index is 0.0859. The average molecular weight is 382 g/mol. The maximum atomic E-state index is 12.8. The topological polar surface area (TPSA) is 45.1 Å². The summed E-state index contributed by atoms with van der Waals surface area (Å²) in [6.45, 7) is 8.82. The van der Waals surface area contributed by atoms with Crippen LogP contribution >= 0.6 is 0 Å². The van der Waals surface area contributed by atoms with E-state index in [0.717, 1.165) is 31.0 Å². The molecule has 5 heteroatoms. The molecule has 1 aromatic carbocycles. The number of nitrogens with zero attached hydrogens (tertiary/aromatic N) is 3. The molecule has 0 N–H and O–H groups in total. The number of amidine groups is 1. The third-order valence-corrected chi connectivity index (χ3v) is 6.50. The summed E-state index contributed by atoms with van der Waals surface area (Å²) in [5.74, 6) is 1.79. The number of aliphatic imine (C=N–C) groups is 1. The summed E-state index contributed by atoms with van der Waals surface area (Å²) >= 11 is 0. The molecular formula is C23H31N3O2. The molecule has 4 rings (SSSR count). The van der Waals surface area contributed by atoms with E-state index in [9.17, 15) is 4.79 Å². The lowest BCUT2D eigenvalue weighted by Gasteiger charge is -2.20. The van der Waals surface area contributed by atoms with E-state index < -0.39 is 0 Å². The van der Waals surface area contributed by atoms with E-state index in [1.54, 1.807) is 4.90 Å². The van der Waals surface area contributed by atoms with E-state index in [1.165, 1.54) is 24.9 Å². The number of likely N-dealkylation sites (N-methyl/N-ethyl adjacent to an activating group) is 1. The summed E-state index contributed by atoms with van der Waals surface area (Å²) in [5.41, 5.74) is 2.16. The summed E-state index contributed by atoms with van der Waals surface area (Å²) in [5, 5.41) is 0. The number of hydrogen-bond acceptors (Lipinski definition) is 4. The smallest absolute Gasteiger partial charge is 0.300 e. The van der Waals surface area contributed by atoms with E-state index in [1.807, 2.05) is 25.1 Å². The summed E-state index contributed by atoms with van der Waals surface area (Å²) in [6.07, 6.45) is 6.89. The van der Waals surface area contributed by atoms with Crippen LogP contribution in [0.4, 0.5) is 5.69 Å². The molecule has 2 aliphatic carbocycles. The number of ether oxygens (including phenoxy) is 1. The quantitative estimate of drug-likeness (QED) is 0.690. The van der Waals surface area contributed by atoms with Gasteiger partial charge in [0, 0.05) is 25.3 Å². The van der Waals surface area contributed by atoms with Crippen molar-refractivity contribution in [3.05, 3.63) is 35.6 Å². The second-order valence-corrected chi connectivity index (χ2v) is 8.08. The zero-order valence-electron chi connectivity index (χ0n) is 17.2. The van der Waals surface area contributed by atoms with Crippen LogP contribution < -0.4 is 4.90 Å². The number of benzene rings is 1. The summed E-state index contributed by atoms with van der Waals surface area (Å²) in [7, 11) is 0. The van der Waals surface area contributed by atoms with Crippen molar-refractivity contribution in [2.75, 3.05) is 24.5 Å². The molecule has 1 aliphatic heterocycles. The van der Waals surface area contributed by atoms with E-state index >= 15 is 0 Å². The van der Waals surface area contributed by atoms with E-state index in [0.29, 0.717) is 30.3 Å². The highest BCUT2D eigenvalue weighted by Crippen LogP contribution is 2.46. The van der Waals surface area contributed by atoms with Crippen LogP contribution in [0.15, 0.2) is 35.0 Å². The molecule has 2 saturated carbocycles. The van der Waals surface area contributed by atoms with Gasteiger partial charge in [0.1, 0.15) is 0 Å². The minimum atomic E-state index is -0.0859. The molecular weight excluding hydrogens is 350 g/mol. The molecule has 0 radical (unpaired) electrons. The molecule has 1 amide bonds. The van der Waals surface area contributed by atoms with Crippen molar-refractivity contribution in [1.29, 1.82) is 0 Å². The molecule has 150 valence electrons. The van der Waals surface area contributed by atoms with Gasteiger partial charge in [0.15, 0.2) is 5.76 Å². The Labute approximate surface area is 168 Å². The van der Waals surface area contributed by atoms with Crippen LogP contribution in [-0.2, 0) is 9.53 Å². The Morgan fingerprint density at radius 1 is 1.14 bits per heavy atom. The van der Waals surface area contributed by atoms with Crippen LogP contribution in [0.2, 0.25) is 0 Å². The van der Waals surface area contributed by atoms with E-state index in [4.69, 9.17) is 9.73 Å². The minimum Gasteiger partial charge on any atom is -0.420 e. The zero-order chi connectivity index (χ0) is 19.7. The van der Waals surface area contributed by atoms with Gasteiger partial charge in [-0.05, 0) is 75.6 Å². The van der Waals surface area contributed by atoms with Crippen molar-refractivity contribution in [2.24, 2.45) is 16.8 Å². The van der Waals surface area contributed by atoms with Gasteiger partial charge >= 0.3 is 6.02 Å². The Morgan fingerprint density at radius 2 is 1.89 bits per heavy atom. The van der Waals surface area contributed by atoms with Gasteiger partial charge in [-0.25, -0.2) is 4.99 Å². The van der Waals surface area contributed by atoms with E-state index in [2.05, 4.69) is 30.9 Å². The van der Waals surface area contributed by atoms with Gasteiger partial charge < -0.3 is 9.64 Å². The molecule has 0 spiro atoms. The predicted octanol–water partition coefficient (Wildman–Crippen LogP) is 4.30. The van der Waals surface area contributed by atoms with Gasteiger partial charge in [-0.3, -0.25) is 9.69 Å². The highest BCUT2D eigenvalue weighted by Gasteiger charge is 2.42. The van der Waals surface area contributed by atoms with Crippen LogP contribution in [-0.4, -0.2) is 42.5 Å². The Morgan fingerprint density at radius 3 is 2.46 bits per heavy atom. The average Bonchev–Trinajstić information content (AvgIpc) is 3.40. The Kier molecular flexibility index (Phi) is 5.42. The second-order valence-electron chi connectivity index (χ2n) is 8.08. The third kappa shape index (κ3) is 3.54. The summed E-state index contributed by atoms with van der Waals surface area (Å²) in [4.78, 5) is 21.6. The number of rotatable bonds is 6. The second kappa shape index (κ2) is 7.98. The van der Waals surface area contributed by atoms with Crippen LogP contribution in [0.3, 0.4) is 0 Å². The Balaban J connectivity index is 1.52. The number of amides is 1. The van der Waals surface area contributed by atoms with Crippen LogP contribution in [0.25, 0.3) is 6.08 Å². The summed E-state index contributed by atoms with van der Waals surface area (Å²) < 4.78 is 5.95. The molecule has 2 bridgehead atoms. The molecule has 5 nitrogen and oxygen atoms in total. The monoisotopic (exact) mass is 381 g/mol. The number of fused-ring (bicyclic) bond motifs is 2. The van der Waals surface area contributed by atoms with Crippen LogP contribution in [0.5, 0.6) is 0 Å². The number of anilines is 1. The fourth-order valence-electron chi connectivity index (χ4n) is 4.92. The highest BCUT2D eigenvalue weighted by molar-refractivity contribution is 6.11. The molecule has 3 atom stereocenters. The van der Waals surface area contributed by atoms with Gasteiger partial charge in [0.25, 0.3) is 5.91 Å². The van der Waals surface area contributed by atoms with Gasteiger partial charge in [0.2, 0.25) is 0 Å². The molecule has 1 aromatic rings. The maximum Gasteiger partial charge on any atom is 0.300 e. The first-order valence-corrected chi connectivity index (χ1v) is 10.8. The maximum absolute atomic E-state index is 12.8. The molecule has 3 unspecified atom stereocenters. The Bertz CT molecular complexity index is 780. The third-order valence-electron chi connectivity index (χ3n) is 6.50. The van der Waals surface area contributed by atoms with Crippen molar-refractivity contribution >= 4 is 23.7 Å². The Hall–Kier alpha value is -2.30. The van der Waals surface area contributed by atoms with Gasteiger partial charge in [-0.15, -0.1) is 0 Å². The molecule has 0 aromatic heterocycles. The lowest BCUT2D eigenvalue weighted by Crippen LogP contribution is -2.31. The van der Waals surface area contributed by atoms with Crippen molar-refractivity contribution in [3.63, 3.8) is 0 Å². The molecule has 3 fully saturated rings. The standard InChI is InChI=1S/C23H31N3O2/c1-4-25(5-2)19-11-8-16(9-12-19)15-21-22(27)26(6-3)23(28-21)24-20-14-17-7-10-18(20)13-17/h8-9,11-12,15,17-18,20H,4-7,10,13-14H2,1-3H3/b21-15+,24-23?. The number of carbonyl (C=O) groups excluding carboxylic acids is 1. The first-order valence-electron chi connectivity index (χ1n) is 10.8. The SMILES string of the molecule is CCN1C(=O)/C(=C\c2ccc(N(CC)CC)cc2)OC1=NC1CC2CCC1C2. The molecule has 1 saturated heterocycles. The van der Waals surface area contributed by atoms with Crippen LogP contribution in [0.1, 0.15) is 52.0 Å². The largest absolute Gasteiger partial charge is 0.420 e. The summed E-state index contributed by atoms with van der Waals surface area (Å²) in [6, 6.07) is 9.10.